The van der Waals surface area contributed by atoms with Gasteiger partial charge in [0.15, 0.2) is 0 Å². The molecule has 0 aliphatic rings. The quantitative estimate of drug-likeness (QED) is 0.527. The molecule has 2 aromatic carbocycles. The van der Waals surface area contributed by atoms with Crippen LogP contribution in [0.1, 0.15) is 27.2 Å². The zero-order valence-electron chi connectivity index (χ0n) is 17.1. The minimum absolute atomic E-state index is 0.0112. The van der Waals surface area contributed by atoms with Crippen molar-refractivity contribution in [2.45, 2.75) is 24.4 Å². The lowest BCUT2D eigenvalue weighted by Crippen LogP contribution is -2.26. The van der Waals surface area contributed by atoms with Crippen molar-refractivity contribution >= 4 is 16.0 Å². The highest BCUT2D eigenvalue weighted by molar-refractivity contribution is 7.89. The molecule has 3 aromatic rings. The lowest BCUT2D eigenvalue weighted by molar-refractivity contribution is -0.137. The molecule has 1 heterocycles. The molecule has 0 atom stereocenters. The van der Waals surface area contributed by atoms with Gasteiger partial charge < -0.3 is 9.15 Å². The van der Waals surface area contributed by atoms with Crippen LogP contribution in [0.2, 0.25) is 0 Å². The first kappa shape index (κ1) is 23.5. The van der Waals surface area contributed by atoms with E-state index in [1.807, 2.05) is 0 Å². The first-order valence-corrected chi connectivity index (χ1v) is 10.8. The largest absolute Gasteiger partial charge is 0.465 e. The number of aryl methyl sites for hydroxylation is 1. The first-order chi connectivity index (χ1) is 15.0. The number of carbonyl (C=O) groups is 1. The fraction of sp³-hybridized carbons (Fsp3) is 0.238. The number of nitrogens with zero attached hydrogens (tertiary/aromatic N) is 1. The predicted octanol–water partition coefficient (Wildman–Crippen LogP) is 3.98. The molecule has 0 saturated carbocycles. The fourth-order valence-corrected chi connectivity index (χ4v) is 3.91. The van der Waals surface area contributed by atoms with Crippen molar-refractivity contribution in [3.8, 4) is 11.5 Å². The smallest absolute Gasteiger partial charge is 0.416 e. The van der Waals surface area contributed by atoms with E-state index in [0.29, 0.717) is 16.8 Å². The molecule has 0 radical (unpaired) electrons. The zero-order chi connectivity index (χ0) is 23.5. The zero-order valence-corrected chi connectivity index (χ0v) is 17.9. The van der Waals surface area contributed by atoms with Gasteiger partial charge in [-0.3, -0.25) is 0 Å². The number of oxazole rings is 1. The standard InChI is InChI=1S/C21H19F3N2O5S/c1-13-3-8-17(11-18(13)20(27)30-2)32(28,29)25-10-9-16-12-31-19(26-16)14-4-6-15(7-5-14)21(22,23)24/h3-8,11-12,25H,9-10H2,1-2H3. The maximum absolute atomic E-state index is 12.7. The number of rotatable bonds is 7. The van der Waals surface area contributed by atoms with Crippen molar-refractivity contribution in [1.82, 2.24) is 9.71 Å². The summed E-state index contributed by atoms with van der Waals surface area (Å²) in [6, 6.07) is 8.48. The molecule has 32 heavy (non-hydrogen) atoms. The summed E-state index contributed by atoms with van der Waals surface area (Å²) in [5.74, 6) is -0.518. The number of hydrogen-bond donors (Lipinski definition) is 1. The van der Waals surface area contributed by atoms with Crippen LogP contribution in [0.3, 0.4) is 0 Å². The van der Waals surface area contributed by atoms with Crippen molar-refractivity contribution in [2.75, 3.05) is 13.7 Å². The van der Waals surface area contributed by atoms with E-state index in [-0.39, 0.29) is 29.3 Å². The van der Waals surface area contributed by atoms with Gasteiger partial charge in [-0.2, -0.15) is 13.2 Å². The molecule has 1 aromatic heterocycles. The summed E-state index contributed by atoms with van der Waals surface area (Å²) < 4.78 is 75.4. The summed E-state index contributed by atoms with van der Waals surface area (Å²) in [6.45, 7) is 1.65. The third-order valence-electron chi connectivity index (χ3n) is 4.61. The average molecular weight is 468 g/mol. The number of nitrogens with one attached hydrogen (secondary N) is 1. The van der Waals surface area contributed by atoms with E-state index in [1.54, 1.807) is 6.92 Å². The molecule has 0 amide bonds. The summed E-state index contributed by atoms with van der Waals surface area (Å²) in [6.07, 6.45) is -2.95. The van der Waals surface area contributed by atoms with Crippen molar-refractivity contribution in [3.63, 3.8) is 0 Å². The van der Waals surface area contributed by atoms with Crippen LogP contribution in [0.5, 0.6) is 0 Å². The molecule has 0 spiro atoms. The molecule has 0 aliphatic heterocycles. The van der Waals surface area contributed by atoms with Crippen LogP contribution in [0.25, 0.3) is 11.5 Å². The normalized spacial score (nSPS) is 12.0. The van der Waals surface area contributed by atoms with Crippen LogP contribution in [-0.4, -0.2) is 33.0 Å². The number of sulfonamides is 1. The molecule has 1 N–H and O–H groups in total. The van der Waals surface area contributed by atoms with Gasteiger partial charge in [0.1, 0.15) is 6.26 Å². The van der Waals surface area contributed by atoms with E-state index in [9.17, 15) is 26.4 Å². The minimum Gasteiger partial charge on any atom is -0.465 e. The number of esters is 1. The monoisotopic (exact) mass is 468 g/mol. The Morgan fingerprint density at radius 2 is 1.84 bits per heavy atom. The predicted molar refractivity (Wildman–Crippen MR) is 108 cm³/mol. The van der Waals surface area contributed by atoms with Crippen LogP contribution >= 0.6 is 0 Å². The Balaban J connectivity index is 1.65. The lowest BCUT2D eigenvalue weighted by atomic mass is 10.1. The third kappa shape index (κ3) is 5.35. The van der Waals surface area contributed by atoms with Crippen LogP contribution in [0.4, 0.5) is 13.2 Å². The van der Waals surface area contributed by atoms with Gasteiger partial charge in [-0.1, -0.05) is 6.07 Å². The van der Waals surface area contributed by atoms with E-state index in [4.69, 9.17) is 4.42 Å². The van der Waals surface area contributed by atoms with Crippen LogP contribution in [-0.2, 0) is 27.4 Å². The topological polar surface area (TPSA) is 98.5 Å². The van der Waals surface area contributed by atoms with E-state index in [1.165, 1.54) is 43.7 Å². The fourth-order valence-electron chi connectivity index (χ4n) is 2.85. The van der Waals surface area contributed by atoms with Gasteiger partial charge in [0, 0.05) is 18.5 Å². The first-order valence-electron chi connectivity index (χ1n) is 9.32. The van der Waals surface area contributed by atoms with Crippen molar-refractivity contribution in [2.24, 2.45) is 0 Å². The number of carbonyl (C=O) groups excluding carboxylic acids is 1. The molecule has 3 rings (SSSR count). The maximum atomic E-state index is 12.7. The van der Waals surface area contributed by atoms with E-state index in [0.717, 1.165) is 12.1 Å². The van der Waals surface area contributed by atoms with Crippen LogP contribution < -0.4 is 4.72 Å². The molecule has 170 valence electrons. The Hall–Kier alpha value is -3.18. The molecular formula is C21H19F3N2O5S. The molecule has 0 aliphatic carbocycles. The number of aromatic nitrogens is 1. The second-order valence-electron chi connectivity index (χ2n) is 6.84. The molecule has 0 fully saturated rings. The highest BCUT2D eigenvalue weighted by atomic mass is 32.2. The number of halogens is 3. The van der Waals surface area contributed by atoms with Gasteiger partial charge >= 0.3 is 12.1 Å². The van der Waals surface area contributed by atoms with Gasteiger partial charge in [0.2, 0.25) is 15.9 Å². The summed E-state index contributed by atoms with van der Waals surface area (Å²) in [7, 11) is -2.69. The summed E-state index contributed by atoms with van der Waals surface area (Å²) in [5, 5.41) is 0. The third-order valence-corrected chi connectivity index (χ3v) is 6.07. The molecular weight excluding hydrogens is 449 g/mol. The number of ether oxygens (including phenoxy) is 1. The molecule has 0 unspecified atom stereocenters. The highest BCUT2D eigenvalue weighted by Gasteiger charge is 2.30. The number of hydrogen-bond acceptors (Lipinski definition) is 6. The van der Waals surface area contributed by atoms with Gasteiger partial charge in [-0.15, -0.1) is 0 Å². The number of methoxy groups -OCH3 is 1. The maximum Gasteiger partial charge on any atom is 0.416 e. The SMILES string of the molecule is COC(=O)c1cc(S(=O)(=O)NCCc2coc(-c3ccc(C(F)(F)F)cc3)n2)ccc1C. The molecule has 11 heteroatoms. The van der Waals surface area contributed by atoms with Crippen molar-refractivity contribution < 1.29 is 35.5 Å². The van der Waals surface area contributed by atoms with E-state index in [2.05, 4.69) is 14.4 Å². The second kappa shape index (κ2) is 9.13. The Morgan fingerprint density at radius 1 is 1.16 bits per heavy atom. The van der Waals surface area contributed by atoms with Crippen LogP contribution in [0, 0.1) is 6.92 Å². The Kier molecular flexibility index (Phi) is 6.70. The van der Waals surface area contributed by atoms with Crippen LogP contribution in [0.15, 0.2) is 58.0 Å². The Bertz CT molecular complexity index is 1220. The Labute approximate surface area is 182 Å². The van der Waals surface area contributed by atoms with E-state index >= 15 is 0 Å². The van der Waals surface area contributed by atoms with Crippen molar-refractivity contribution in [3.05, 3.63) is 71.1 Å². The second-order valence-corrected chi connectivity index (χ2v) is 8.60. The van der Waals surface area contributed by atoms with E-state index < -0.39 is 27.7 Å². The number of alkyl halides is 3. The van der Waals surface area contributed by atoms with Gasteiger partial charge in [-0.25, -0.2) is 22.9 Å². The lowest BCUT2D eigenvalue weighted by Gasteiger charge is -2.09. The Morgan fingerprint density at radius 3 is 2.47 bits per heavy atom. The van der Waals surface area contributed by atoms with Gasteiger partial charge in [0.05, 0.1) is 28.8 Å². The summed E-state index contributed by atoms with van der Waals surface area (Å²) >= 11 is 0. The molecule has 0 saturated heterocycles. The average Bonchev–Trinajstić information content (AvgIpc) is 3.21. The summed E-state index contributed by atoms with van der Waals surface area (Å²) in [4.78, 5) is 15.9. The molecule has 0 bridgehead atoms. The minimum atomic E-state index is -4.44. The number of benzene rings is 2. The molecule has 7 nitrogen and oxygen atoms in total. The van der Waals surface area contributed by atoms with Crippen molar-refractivity contribution in [1.29, 1.82) is 0 Å². The van der Waals surface area contributed by atoms with Gasteiger partial charge in [0.25, 0.3) is 0 Å². The summed E-state index contributed by atoms with van der Waals surface area (Å²) in [5.41, 5.74) is 0.720. The van der Waals surface area contributed by atoms with Gasteiger partial charge in [-0.05, 0) is 48.9 Å². The highest BCUT2D eigenvalue weighted by Crippen LogP contribution is 2.30.